The van der Waals surface area contributed by atoms with Gasteiger partial charge in [0, 0.05) is 25.7 Å². The number of hydrogen-bond acceptors (Lipinski definition) is 4. The summed E-state index contributed by atoms with van der Waals surface area (Å²) in [6, 6.07) is 2.05. The van der Waals surface area contributed by atoms with Crippen molar-refractivity contribution in [3.8, 4) is 5.75 Å². The summed E-state index contributed by atoms with van der Waals surface area (Å²) < 4.78 is 5.20. The molecule has 0 atom stereocenters. The standard InChI is InChI=1S/C12H19N3O/c1-14-4-3-5-15(7-6-14)11-8-12(16-2)10-13-9-11/h8-10H,3-7H2,1-2H3. The van der Waals surface area contributed by atoms with Gasteiger partial charge < -0.3 is 14.5 Å². The lowest BCUT2D eigenvalue weighted by molar-refractivity contribution is 0.360. The van der Waals surface area contributed by atoms with Gasteiger partial charge in [-0.1, -0.05) is 0 Å². The van der Waals surface area contributed by atoms with Crippen LogP contribution in [0.4, 0.5) is 5.69 Å². The highest BCUT2D eigenvalue weighted by molar-refractivity contribution is 5.48. The number of nitrogens with zero attached hydrogens (tertiary/aromatic N) is 3. The highest BCUT2D eigenvalue weighted by Gasteiger charge is 2.13. The van der Waals surface area contributed by atoms with Gasteiger partial charge >= 0.3 is 0 Å². The second-order valence-corrected chi connectivity index (χ2v) is 4.23. The molecule has 1 aromatic rings. The Labute approximate surface area is 96.8 Å². The number of aromatic nitrogens is 1. The Morgan fingerprint density at radius 2 is 2.06 bits per heavy atom. The normalized spacial score (nSPS) is 18.2. The number of rotatable bonds is 2. The summed E-state index contributed by atoms with van der Waals surface area (Å²) in [6.07, 6.45) is 4.86. The molecule has 0 amide bonds. The lowest BCUT2D eigenvalue weighted by Crippen LogP contribution is -2.28. The third-order valence-electron chi connectivity index (χ3n) is 3.02. The van der Waals surface area contributed by atoms with Gasteiger partial charge in [0.1, 0.15) is 5.75 Å². The zero-order chi connectivity index (χ0) is 11.4. The van der Waals surface area contributed by atoms with Gasteiger partial charge in [-0.2, -0.15) is 0 Å². The van der Waals surface area contributed by atoms with E-state index in [2.05, 4.69) is 27.9 Å². The van der Waals surface area contributed by atoms with Crippen LogP contribution in [0, 0.1) is 0 Å². The number of pyridine rings is 1. The minimum atomic E-state index is 0.829. The Morgan fingerprint density at radius 1 is 1.19 bits per heavy atom. The van der Waals surface area contributed by atoms with Crippen LogP contribution in [0.3, 0.4) is 0 Å². The van der Waals surface area contributed by atoms with E-state index in [1.165, 1.54) is 13.0 Å². The van der Waals surface area contributed by atoms with E-state index in [0.29, 0.717) is 0 Å². The molecule has 0 N–H and O–H groups in total. The minimum Gasteiger partial charge on any atom is -0.495 e. The molecule has 0 aromatic carbocycles. The second-order valence-electron chi connectivity index (χ2n) is 4.23. The van der Waals surface area contributed by atoms with Crippen molar-refractivity contribution in [3.05, 3.63) is 18.5 Å². The van der Waals surface area contributed by atoms with Gasteiger partial charge in [-0.05, 0) is 20.0 Å². The molecular formula is C12H19N3O. The van der Waals surface area contributed by atoms with Crippen LogP contribution in [0.2, 0.25) is 0 Å². The molecule has 2 heterocycles. The molecule has 4 nitrogen and oxygen atoms in total. The van der Waals surface area contributed by atoms with Crippen LogP contribution < -0.4 is 9.64 Å². The van der Waals surface area contributed by atoms with Crippen molar-refractivity contribution in [2.24, 2.45) is 0 Å². The summed E-state index contributed by atoms with van der Waals surface area (Å²) in [6.45, 7) is 4.44. The first kappa shape index (κ1) is 11.2. The van der Waals surface area contributed by atoms with E-state index >= 15 is 0 Å². The third kappa shape index (κ3) is 2.64. The van der Waals surface area contributed by atoms with Gasteiger partial charge in [0.05, 0.1) is 25.2 Å². The fourth-order valence-electron chi connectivity index (χ4n) is 2.00. The van der Waals surface area contributed by atoms with Crippen molar-refractivity contribution in [2.75, 3.05) is 45.2 Å². The van der Waals surface area contributed by atoms with Crippen molar-refractivity contribution in [1.82, 2.24) is 9.88 Å². The van der Waals surface area contributed by atoms with Crippen LogP contribution in [0.5, 0.6) is 5.75 Å². The maximum Gasteiger partial charge on any atom is 0.139 e. The molecule has 1 aromatic heterocycles. The topological polar surface area (TPSA) is 28.6 Å². The third-order valence-corrected chi connectivity index (χ3v) is 3.02. The second kappa shape index (κ2) is 5.16. The molecule has 0 spiro atoms. The predicted molar refractivity (Wildman–Crippen MR) is 65.1 cm³/mol. The number of likely N-dealkylation sites (N-methyl/N-ethyl adjacent to an activating group) is 1. The lowest BCUT2D eigenvalue weighted by atomic mass is 10.3. The zero-order valence-corrected chi connectivity index (χ0v) is 10.0. The fourth-order valence-corrected chi connectivity index (χ4v) is 2.00. The average Bonchev–Trinajstić information content (AvgIpc) is 2.54. The molecule has 0 saturated carbocycles. The smallest absolute Gasteiger partial charge is 0.139 e. The van der Waals surface area contributed by atoms with Gasteiger partial charge in [-0.25, -0.2) is 0 Å². The predicted octanol–water partition coefficient (Wildman–Crippen LogP) is 1.23. The monoisotopic (exact) mass is 221 g/mol. The Morgan fingerprint density at radius 3 is 2.88 bits per heavy atom. The molecule has 1 saturated heterocycles. The van der Waals surface area contributed by atoms with E-state index in [4.69, 9.17) is 4.74 Å². The van der Waals surface area contributed by atoms with Crippen molar-refractivity contribution >= 4 is 5.69 Å². The van der Waals surface area contributed by atoms with E-state index in [0.717, 1.165) is 31.1 Å². The molecule has 0 aliphatic carbocycles. The van der Waals surface area contributed by atoms with Crippen LogP contribution >= 0.6 is 0 Å². The molecule has 1 aliphatic heterocycles. The van der Waals surface area contributed by atoms with Gasteiger partial charge in [-0.15, -0.1) is 0 Å². The first-order valence-corrected chi connectivity index (χ1v) is 5.72. The summed E-state index contributed by atoms with van der Waals surface area (Å²) in [5, 5.41) is 0. The van der Waals surface area contributed by atoms with E-state index in [1.54, 1.807) is 13.3 Å². The van der Waals surface area contributed by atoms with Crippen LogP contribution in [-0.2, 0) is 0 Å². The summed E-state index contributed by atoms with van der Waals surface area (Å²) in [5.41, 5.74) is 1.16. The molecule has 1 fully saturated rings. The van der Waals surface area contributed by atoms with Crippen molar-refractivity contribution in [2.45, 2.75) is 6.42 Å². The van der Waals surface area contributed by atoms with Gasteiger partial charge in [0.2, 0.25) is 0 Å². The molecule has 88 valence electrons. The van der Waals surface area contributed by atoms with E-state index < -0.39 is 0 Å². The Hall–Kier alpha value is -1.29. The first-order valence-electron chi connectivity index (χ1n) is 5.72. The number of methoxy groups -OCH3 is 1. The van der Waals surface area contributed by atoms with Crippen molar-refractivity contribution < 1.29 is 4.74 Å². The summed E-state index contributed by atoms with van der Waals surface area (Å²) in [4.78, 5) is 8.94. The molecule has 2 rings (SSSR count). The molecule has 0 radical (unpaired) electrons. The summed E-state index contributed by atoms with van der Waals surface area (Å²) >= 11 is 0. The lowest BCUT2D eigenvalue weighted by Gasteiger charge is -2.22. The molecular weight excluding hydrogens is 202 g/mol. The summed E-state index contributed by atoms with van der Waals surface area (Å²) in [7, 11) is 3.85. The highest BCUT2D eigenvalue weighted by atomic mass is 16.5. The largest absolute Gasteiger partial charge is 0.495 e. The number of anilines is 1. The quantitative estimate of drug-likeness (QED) is 0.751. The Kier molecular flexibility index (Phi) is 3.62. The maximum absolute atomic E-state index is 5.20. The number of ether oxygens (including phenoxy) is 1. The van der Waals surface area contributed by atoms with Crippen LogP contribution in [-0.4, -0.2) is 50.2 Å². The maximum atomic E-state index is 5.20. The van der Waals surface area contributed by atoms with Crippen LogP contribution in [0.15, 0.2) is 18.5 Å². The van der Waals surface area contributed by atoms with E-state index in [1.807, 2.05) is 6.20 Å². The average molecular weight is 221 g/mol. The summed E-state index contributed by atoms with van der Waals surface area (Å²) in [5.74, 6) is 0.829. The highest BCUT2D eigenvalue weighted by Crippen LogP contribution is 2.20. The van der Waals surface area contributed by atoms with Crippen LogP contribution in [0.1, 0.15) is 6.42 Å². The molecule has 4 heteroatoms. The molecule has 0 bridgehead atoms. The van der Waals surface area contributed by atoms with Gasteiger partial charge in [0.25, 0.3) is 0 Å². The molecule has 0 unspecified atom stereocenters. The van der Waals surface area contributed by atoms with Crippen LogP contribution in [0.25, 0.3) is 0 Å². The Bertz CT molecular complexity index is 343. The zero-order valence-electron chi connectivity index (χ0n) is 10.0. The van der Waals surface area contributed by atoms with Crippen molar-refractivity contribution in [3.63, 3.8) is 0 Å². The number of hydrogen-bond donors (Lipinski definition) is 0. The first-order chi connectivity index (χ1) is 7.79. The fraction of sp³-hybridized carbons (Fsp3) is 0.583. The molecule has 16 heavy (non-hydrogen) atoms. The molecule has 1 aliphatic rings. The van der Waals surface area contributed by atoms with E-state index in [9.17, 15) is 0 Å². The van der Waals surface area contributed by atoms with Gasteiger partial charge in [0.15, 0.2) is 0 Å². The Balaban J connectivity index is 2.10. The van der Waals surface area contributed by atoms with Crippen molar-refractivity contribution in [1.29, 1.82) is 0 Å². The minimum absolute atomic E-state index is 0.829. The van der Waals surface area contributed by atoms with E-state index in [-0.39, 0.29) is 0 Å². The SMILES string of the molecule is COc1cncc(N2CCCN(C)CC2)c1. The van der Waals surface area contributed by atoms with Gasteiger partial charge in [-0.3, -0.25) is 4.98 Å².